The Morgan fingerprint density at radius 3 is 2.33 bits per heavy atom. The molecule has 0 aliphatic heterocycles. The van der Waals surface area contributed by atoms with Crippen LogP contribution in [0.25, 0.3) is 0 Å². The molecule has 0 unspecified atom stereocenters. The van der Waals surface area contributed by atoms with Gasteiger partial charge in [0.2, 0.25) is 0 Å². The smallest absolute Gasteiger partial charge is 0.504 e. The van der Waals surface area contributed by atoms with Gasteiger partial charge < -0.3 is 14.9 Å². The van der Waals surface area contributed by atoms with Gasteiger partial charge in [-0.15, -0.1) is 0 Å². The molecule has 0 radical (unpaired) electrons. The molecule has 4 nitrogen and oxygen atoms in total. The van der Waals surface area contributed by atoms with Gasteiger partial charge >= 0.3 is 6.16 Å². The Labute approximate surface area is 126 Å². The molecule has 0 aromatic heterocycles. The van der Waals surface area contributed by atoms with Gasteiger partial charge in [0.05, 0.1) is 0 Å². The van der Waals surface area contributed by atoms with Crippen LogP contribution < -0.4 is 4.74 Å². The fraction of sp³-hybridized carbons (Fsp3) is 0.588. The van der Waals surface area contributed by atoms with E-state index in [-0.39, 0.29) is 11.5 Å². The number of phenolic OH excluding ortho intramolecular Hbond substituents is 1. The number of ether oxygens (including phenoxy) is 1. The Kier molecular flexibility index (Phi) is 7.06. The van der Waals surface area contributed by atoms with Crippen LogP contribution in [-0.2, 0) is 19.3 Å². The fourth-order valence-corrected chi connectivity index (χ4v) is 2.67. The number of unbranched alkanes of at least 4 members (excludes halogenated alkanes) is 2. The maximum atomic E-state index is 10.8. The zero-order valence-corrected chi connectivity index (χ0v) is 13.2. The summed E-state index contributed by atoms with van der Waals surface area (Å²) >= 11 is 0. The summed E-state index contributed by atoms with van der Waals surface area (Å²) in [6.45, 7) is 6.25. The topological polar surface area (TPSA) is 66.8 Å². The highest BCUT2D eigenvalue weighted by Crippen LogP contribution is 2.37. The van der Waals surface area contributed by atoms with E-state index in [4.69, 9.17) is 9.84 Å². The molecule has 0 bridgehead atoms. The van der Waals surface area contributed by atoms with E-state index in [1.807, 2.05) is 13.8 Å². The molecule has 1 aromatic carbocycles. The molecule has 1 rings (SSSR count). The van der Waals surface area contributed by atoms with Crippen molar-refractivity contribution in [1.29, 1.82) is 0 Å². The summed E-state index contributed by atoms with van der Waals surface area (Å²) in [6, 6.07) is 1.67. The molecule has 0 aliphatic carbocycles. The summed E-state index contributed by atoms with van der Waals surface area (Å²) in [5.74, 6) is 0.0463. The minimum absolute atomic E-state index is 0.0112. The zero-order chi connectivity index (χ0) is 15.8. The van der Waals surface area contributed by atoms with E-state index in [0.717, 1.165) is 56.1 Å². The van der Waals surface area contributed by atoms with E-state index in [1.54, 1.807) is 6.07 Å². The van der Waals surface area contributed by atoms with E-state index >= 15 is 0 Å². The van der Waals surface area contributed by atoms with Crippen molar-refractivity contribution in [2.75, 3.05) is 0 Å². The summed E-state index contributed by atoms with van der Waals surface area (Å²) in [7, 11) is 0. The van der Waals surface area contributed by atoms with Crippen molar-refractivity contribution in [1.82, 2.24) is 0 Å². The highest BCUT2D eigenvalue weighted by atomic mass is 16.7. The maximum absolute atomic E-state index is 10.8. The Hall–Kier alpha value is -1.71. The van der Waals surface area contributed by atoms with Crippen LogP contribution in [0.3, 0.4) is 0 Å². The molecule has 21 heavy (non-hydrogen) atoms. The number of carboxylic acid groups (broad SMARTS) is 1. The maximum Gasteiger partial charge on any atom is 0.511 e. The molecule has 118 valence electrons. The van der Waals surface area contributed by atoms with Crippen LogP contribution in [-0.4, -0.2) is 16.4 Å². The lowest BCUT2D eigenvalue weighted by Gasteiger charge is -2.18. The first kappa shape index (κ1) is 17.3. The second kappa shape index (κ2) is 8.55. The molecule has 0 amide bonds. The molecule has 1 aromatic rings. The third kappa shape index (κ3) is 4.66. The van der Waals surface area contributed by atoms with Crippen molar-refractivity contribution in [3.8, 4) is 11.5 Å². The fourth-order valence-electron chi connectivity index (χ4n) is 2.67. The van der Waals surface area contributed by atoms with Crippen molar-refractivity contribution in [3.63, 3.8) is 0 Å². The molecular formula is C17H26O4. The summed E-state index contributed by atoms with van der Waals surface area (Å²) < 4.78 is 4.72. The number of rotatable bonds is 8. The van der Waals surface area contributed by atoms with Crippen LogP contribution in [0.5, 0.6) is 11.5 Å². The van der Waals surface area contributed by atoms with Gasteiger partial charge in [-0.3, -0.25) is 0 Å². The minimum atomic E-state index is -1.39. The van der Waals surface area contributed by atoms with Gasteiger partial charge in [-0.25, -0.2) is 4.79 Å². The summed E-state index contributed by atoms with van der Waals surface area (Å²) in [4.78, 5) is 10.8. The van der Waals surface area contributed by atoms with Crippen molar-refractivity contribution >= 4 is 6.16 Å². The Morgan fingerprint density at radius 2 is 1.81 bits per heavy atom. The van der Waals surface area contributed by atoms with E-state index in [9.17, 15) is 9.90 Å². The number of hydrogen-bond donors (Lipinski definition) is 2. The number of carbonyl (C=O) groups is 1. The van der Waals surface area contributed by atoms with E-state index in [0.29, 0.717) is 0 Å². The molecule has 4 heteroatoms. The van der Waals surface area contributed by atoms with Gasteiger partial charge in [0, 0.05) is 5.56 Å². The lowest BCUT2D eigenvalue weighted by molar-refractivity contribution is 0.142. The Balaban J connectivity index is 3.24. The van der Waals surface area contributed by atoms with Gasteiger partial charge in [-0.1, -0.05) is 40.0 Å². The highest BCUT2D eigenvalue weighted by molar-refractivity contribution is 5.65. The summed E-state index contributed by atoms with van der Waals surface area (Å²) in [5.41, 5.74) is 3.09. The third-order valence-corrected chi connectivity index (χ3v) is 3.68. The van der Waals surface area contributed by atoms with Crippen molar-refractivity contribution < 1.29 is 19.7 Å². The van der Waals surface area contributed by atoms with Crippen LogP contribution >= 0.6 is 0 Å². The quantitative estimate of drug-likeness (QED) is 0.414. The molecular weight excluding hydrogens is 268 g/mol. The monoisotopic (exact) mass is 294 g/mol. The van der Waals surface area contributed by atoms with Crippen LogP contribution in [0.4, 0.5) is 4.79 Å². The molecule has 0 aliphatic rings. The molecule has 0 atom stereocenters. The predicted molar refractivity (Wildman–Crippen MR) is 83.4 cm³/mol. The van der Waals surface area contributed by atoms with Gasteiger partial charge in [-0.2, -0.15) is 0 Å². The first-order valence-corrected chi connectivity index (χ1v) is 7.82. The highest BCUT2D eigenvalue weighted by Gasteiger charge is 2.18. The van der Waals surface area contributed by atoms with Crippen molar-refractivity contribution in [2.24, 2.45) is 0 Å². The number of hydrogen-bond acceptors (Lipinski definition) is 3. The second-order valence-corrected chi connectivity index (χ2v) is 5.27. The number of benzene rings is 1. The van der Waals surface area contributed by atoms with E-state index in [1.165, 1.54) is 5.56 Å². The van der Waals surface area contributed by atoms with Crippen LogP contribution in [0.15, 0.2) is 6.07 Å². The zero-order valence-electron chi connectivity index (χ0n) is 13.2. The van der Waals surface area contributed by atoms with E-state index < -0.39 is 6.16 Å². The lowest BCUT2D eigenvalue weighted by atomic mass is 9.91. The SMILES string of the molecule is CCCCCc1c(CC)cc(OC(=O)O)c(O)c1CCC. The molecule has 2 N–H and O–H groups in total. The normalized spacial score (nSPS) is 10.6. The number of phenols is 1. The van der Waals surface area contributed by atoms with Crippen LogP contribution in [0.2, 0.25) is 0 Å². The first-order chi connectivity index (χ1) is 10.0. The number of aryl methyl sites for hydroxylation is 1. The molecule has 0 saturated carbocycles. The first-order valence-electron chi connectivity index (χ1n) is 7.82. The van der Waals surface area contributed by atoms with Gasteiger partial charge in [0.15, 0.2) is 11.5 Å². The lowest BCUT2D eigenvalue weighted by Crippen LogP contribution is -2.07. The van der Waals surface area contributed by atoms with Gasteiger partial charge in [-0.05, 0) is 42.9 Å². The molecule has 0 fully saturated rings. The molecule has 0 heterocycles. The minimum Gasteiger partial charge on any atom is -0.504 e. The van der Waals surface area contributed by atoms with Gasteiger partial charge in [0.25, 0.3) is 0 Å². The average Bonchev–Trinajstić information content (AvgIpc) is 2.44. The third-order valence-electron chi connectivity index (χ3n) is 3.68. The second-order valence-electron chi connectivity index (χ2n) is 5.27. The van der Waals surface area contributed by atoms with Gasteiger partial charge in [0.1, 0.15) is 0 Å². The van der Waals surface area contributed by atoms with Crippen molar-refractivity contribution in [3.05, 3.63) is 22.8 Å². The summed E-state index contributed by atoms with van der Waals surface area (Å²) in [5, 5.41) is 19.1. The average molecular weight is 294 g/mol. The van der Waals surface area contributed by atoms with Crippen molar-refractivity contribution in [2.45, 2.75) is 65.7 Å². The van der Waals surface area contributed by atoms with Crippen LogP contribution in [0, 0.1) is 0 Å². The summed E-state index contributed by atoms with van der Waals surface area (Å²) in [6.07, 6.45) is 5.35. The standard InChI is InChI=1S/C17H26O4/c1-4-7-8-10-13-12(6-3)11-15(21-17(19)20)16(18)14(13)9-5-2/h11,18H,4-10H2,1-3H3,(H,19,20). The number of aromatic hydroxyl groups is 1. The Morgan fingerprint density at radius 1 is 1.10 bits per heavy atom. The predicted octanol–water partition coefficient (Wildman–Crippen LogP) is 4.70. The molecule has 0 saturated heterocycles. The molecule has 0 spiro atoms. The van der Waals surface area contributed by atoms with E-state index in [2.05, 4.69) is 6.92 Å². The Bertz CT molecular complexity index is 480. The largest absolute Gasteiger partial charge is 0.511 e. The van der Waals surface area contributed by atoms with Crippen LogP contribution in [0.1, 0.15) is 63.1 Å².